The molecule has 0 aliphatic carbocycles. The predicted molar refractivity (Wildman–Crippen MR) is 190 cm³/mol. The highest BCUT2D eigenvalue weighted by Crippen LogP contribution is 2.39. The van der Waals surface area contributed by atoms with E-state index >= 15 is 0 Å². The molecule has 7 N–H and O–H groups in total. The van der Waals surface area contributed by atoms with Crippen molar-refractivity contribution in [3.8, 4) is 11.5 Å². The van der Waals surface area contributed by atoms with Crippen LogP contribution in [0.15, 0.2) is 132 Å². The Kier molecular flexibility index (Phi) is 11.0. The molecule has 0 saturated heterocycles. The number of sulfonamides is 1. The van der Waals surface area contributed by atoms with Crippen molar-refractivity contribution in [3.05, 3.63) is 150 Å². The lowest BCUT2D eigenvalue weighted by molar-refractivity contribution is -0.142. The molecule has 0 heterocycles. The molecule has 5 rings (SSSR count). The molecule has 0 aliphatic heterocycles. The van der Waals surface area contributed by atoms with Gasteiger partial charge in [-0.25, -0.2) is 13.2 Å². The van der Waals surface area contributed by atoms with Gasteiger partial charge in [0.05, 0.1) is 17.7 Å². The second-order valence-corrected chi connectivity index (χ2v) is 12.7. The van der Waals surface area contributed by atoms with E-state index in [1.807, 2.05) is 30.3 Å². The van der Waals surface area contributed by atoms with Gasteiger partial charge in [-0.1, -0.05) is 78.9 Å². The van der Waals surface area contributed by atoms with E-state index < -0.39 is 34.0 Å². The monoisotopic (exact) mass is 693 g/mol. The fraction of sp³-hybridized carbons (Fsp3) is 0.108. The molecule has 0 saturated carbocycles. The fourth-order valence-electron chi connectivity index (χ4n) is 5.07. The molecule has 5 aromatic rings. The van der Waals surface area contributed by atoms with Crippen LogP contribution in [0.4, 0.5) is 11.4 Å². The van der Waals surface area contributed by atoms with Gasteiger partial charge in [0.25, 0.3) is 10.0 Å². The number of methoxy groups -OCH3 is 1. The number of nitrogens with one attached hydrogen (secondary N) is 4. The normalized spacial score (nSPS) is 12.2. The van der Waals surface area contributed by atoms with Crippen LogP contribution < -0.4 is 30.6 Å². The Morgan fingerprint density at radius 2 is 1.42 bits per heavy atom. The van der Waals surface area contributed by atoms with E-state index in [9.17, 15) is 23.1 Å². The summed E-state index contributed by atoms with van der Waals surface area (Å²) in [4.78, 5) is 26.6. The van der Waals surface area contributed by atoms with Crippen molar-refractivity contribution in [2.75, 3.05) is 17.1 Å². The Bertz CT molecular complexity index is 2060. The molecule has 1 amide bonds. The Morgan fingerprint density at radius 1 is 0.820 bits per heavy atom. The first-order valence-electron chi connectivity index (χ1n) is 15.3. The number of nitrogen functional groups attached to an aromatic ring is 1. The third-order valence-electron chi connectivity index (χ3n) is 7.62. The lowest BCUT2D eigenvalue weighted by Crippen LogP contribution is -2.39. The molecule has 0 aromatic heterocycles. The Balaban J connectivity index is 1.64. The number of hydrogen-bond donors (Lipinski definition) is 6. The summed E-state index contributed by atoms with van der Waals surface area (Å²) in [5, 5.41) is 23.5. The minimum Gasteiger partial charge on any atom is -0.493 e. The maximum Gasteiger partial charge on any atom is 0.330 e. The number of carboxylic acid groups (broad SMARTS) is 1. The molecule has 12 nitrogen and oxygen atoms in total. The van der Waals surface area contributed by atoms with Gasteiger partial charge in [0.1, 0.15) is 18.5 Å². The fourth-order valence-corrected chi connectivity index (χ4v) is 6.17. The number of amides is 1. The highest BCUT2D eigenvalue weighted by molar-refractivity contribution is 7.92. The number of aliphatic carboxylic acids is 1. The molecule has 0 fully saturated rings. The first-order valence-corrected chi connectivity index (χ1v) is 16.8. The van der Waals surface area contributed by atoms with E-state index in [0.29, 0.717) is 16.8 Å². The lowest BCUT2D eigenvalue weighted by Gasteiger charge is -2.26. The van der Waals surface area contributed by atoms with Crippen molar-refractivity contribution in [2.45, 2.75) is 23.6 Å². The first-order chi connectivity index (χ1) is 24.1. The van der Waals surface area contributed by atoms with Crippen LogP contribution in [0.2, 0.25) is 0 Å². The Morgan fingerprint density at radius 3 is 2.00 bits per heavy atom. The molecule has 0 bridgehead atoms. The largest absolute Gasteiger partial charge is 0.493 e. The number of hydrogen-bond acceptors (Lipinski definition) is 8. The van der Waals surface area contributed by atoms with Crippen molar-refractivity contribution in [1.29, 1.82) is 5.41 Å². The summed E-state index contributed by atoms with van der Waals surface area (Å²) in [7, 11) is -2.80. The van der Waals surface area contributed by atoms with Crippen molar-refractivity contribution in [1.82, 2.24) is 5.32 Å². The smallest absolute Gasteiger partial charge is 0.330 e. The number of rotatable bonds is 15. The van der Waals surface area contributed by atoms with Crippen LogP contribution in [-0.4, -0.2) is 38.3 Å². The van der Waals surface area contributed by atoms with Crippen molar-refractivity contribution in [2.24, 2.45) is 5.73 Å². The molecule has 50 heavy (non-hydrogen) atoms. The molecule has 256 valence electrons. The van der Waals surface area contributed by atoms with Crippen molar-refractivity contribution < 1.29 is 32.6 Å². The molecule has 5 aromatic carbocycles. The number of benzene rings is 5. The van der Waals surface area contributed by atoms with Crippen LogP contribution in [0.1, 0.15) is 34.3 Å². The van der Waals surface area contributed by atoms with E-state index in [0.717, 1.165) is 5.56 Å². The van der Waals surface area contributed by atoms with E-state index in [-0.39, 0.29) is 40.1 Å². The third-order valence-corrected chi connectivity index (χ3v) is 9.00. The third kappa shape index (κ3) is 8.57. The van der Waals surface area contributed by atoms with Gasteiger partial charge < -0.3 is 30.9 Å². The minimum atomic E-state index is -4.20. The predicted octanol–water partition coefficient (Wildman–Crippen LogP) is 5.45. The van der Waals surface area contributed by atoms with E-state index in [1.54, 1.807) is 72.8 Å². The molecule has 13 heteroatoms. The minimum absolute atomic E-state index is 0.0303. The quantitative estimate of drug-likeness (QED) is 0.0611. The highest BCUT2D eigenvalue weighted by Gasteiger charge is 2.32. The van der Waals surface area contributed by atoms with Crippen LogP contribution >= 0.6 is 0 Å². The van der Waals surface area contributed by atoms with Crippen LogP contribution in [-0.2, 0) is 26.2 Å². The Hall–Kier alpha value is -6.34. The van der Waals surface area contributed by atoms with Gasteiger partial charge in [-0.2, -0.15) is 0 Å². The zero-order chi connectivity index (χ0) is 35.7. The van der Waals surface area contributed by atoms with E-state index in [2.05, 4.69) is 15.4 Å². The molecule has 0 aliphatic rings. The maximum atomic E-state index is 14.3. The standard InChI is InChI=1S/C37H35N5O7S/c1-48-31-21-29(30(42-50(46,47)28-15-9-4-10-16-28)22-32(31)49-23-24-11-5-2-6-12-24)34(40-27-19-17-26(18-20-27)35(38)39)36(43)41-33(37(44)45)25-13-7-3-8-14-25/h2-22,33-34,40,42H,23H2,1H3,(H3,38,39)(H,41,43)(H,44,45)/t33-,34+/m0/s1. The SMILES string of the molecule is COc1cc([C@@H](Nc2ccc(C(=N)N)cc2)C(=O)N[C@H](C(=O)O)c2ccccc2)c(NS(=O)(=O)c2ccccc2)cc1OCc1ccccc1. The number of anilines is 2. The zero-order valence-corrected chi connectivity index (χ0v) is 27.7. The number of nitrogens with two attached hydrogens (primary N) is 1. The summed E-state index contributed by atoms with van der Waals surface area (Å²) in [5.74, 6) is -1.89. The summed E-state index contributed by atoms with van der Waals surface area (Å²) >= 11 is 0. The van der Waals surface area contributed by atoms with Gasteiger partial charge in [-0.15, -0.1) is 0 Å². The number of amidine groups is 1. The second-order valence-electron chi connectivity index (χ2n) is 11.0. The number of carbonyl (C=O) groups is 2. The van der Waals surface area contributed by atoms with Gasteiger partial charge in [0.15, 0.2) is 17.5 Å². The summed E-state index contributed by atoms with van der Waals surface area (Å²) in [5.41, 5.74) is 7.69. The van der Waals surface area contributed by atoms with Crippen LogP contribution in [0, 0.1) is 5.41 Å². The maximum absolute atomic E-state index is 14.3. The first kappa shape index (κ1) is 35.0. The highest BCUT2D eigenvalue weighted by atomic mass is 32.2. The number of ether oxygens (including phenoxy) is 2. The van der Waals surface area contributed by atoms with Crippen LogP contribution in [0.25, 0.3) is 0 Å². The van der Waals surface area contributed by atoms with Crippen molar-refractivity contribution >= 4 is 39.1 Å². The molecular weight excluding hydrogens is 659 g/mol. The average molecular weight is 694 g/mol. The molecule has 0 spiro atoms. The molecular formula is C37H35N5O7S. The molecule has 2 atom stereocenters. The van der Waals surface area contributed by atoms with Gasteiger partial charge in [0, 0.05) is 22.9 Å². The van der Waals surface area contributed by atoms with Crippen LogP contribution in [0.3, 0.4) is 0 Å². The summed E-state index contributed by atoms with van der Waals surface area (Å²) in [6, 6.07) is 31.6. The zero-order valence-electron chi connectivity index (χ0n) is 26.9. The topological polar surface area (TPSA) is 193 Å². The number of carboxylic acids is 1. The lowest BCUT2D eigenvalue weighted by atomic mass is 10.0. The Labute approximate surface area is 289 Å². The van der Waals surface area contributed by atoms with Crippen LogP contribution in [0.5, 0.6) is 11.5 Å². The van der Waals surface area contributed by atoms with Gasteiger partial charge in [0.2, 0.25) is 5.91 Å². The summed E-state index contributed by atoms with van der Waals surface area (Å²) < 4.78 is 41.7. The molecule has 0 radical (unpaired) electrons. The molecule has 0 unspecified atom stereocenters. The summed E-state index contributed by atoms with van der Waals surface area (Å²) in [6.07, 6.45) is 0. The summed E-state index contributed by atoms with van der Waals surface area (Å²) in [6.45, 7) is 0.128. The van der Waals surface area contributed by atoms with Crippen molar-refractivity contribution in [3.63, 3.8) is 0 Å². The second kappa shape index (κ2) is 15.7. The number of carbonyl (C=O) groups excluding carboxylic acids is 1. The van der Waals surface area contributed by atoms with Gasteiger partial charge in [-0.05, 0) is 53.6 Å². The van der Waals surface area contributed by atoms with Gasteiger partial charge >= 0.3 is 5.97 Å². The van der Waals surface area contributed by atoms with Gasteiger partial charge in [-0.3, -0.25) is 14.9 Å². The van der Waals surface area contributed by atoms with E-state index in [1.165, 1.54) is 31.4 Å². The average Bonchev–Trinajstić information content (AvgIpc) is 3.13. The van der Waals surface area contributed by atoms with E-state index in [4.69, 9.17) is 20.6 Å².